The number of H-pyrrole nitrogens is 1. The third kappa shape index (κ3) is 13.0. The zero-order valence-corrected chi connectivity index (χ0v) is 38.6. The minimum absolute atomic E-state index is 0.0393. The Labute approximate surface area is 400 Å². The monoisotopic (exact) mass is 958 g/mol. The number of nitriles is 2. The van der Waals surface area contributed by atoms with Gasteiger partial charge in [0.05, 0.1) is 49.8 Å². The molecule has 19 heteroatoms. The summed E-state index contributed by atoms with van der Waals surface area (Å²) in [4.78, 5) is 27.0. The third-order valence-electron chi connectivity index (χ3n) is 10.5. The van der Waals surface area contributed by atoms with Crippen molar-refractivity contribution in [1.29, 1.82) is 10.5 Å². The van der Waals surface area contributed by atoms with Crippen LogP contribution in [0, 0.1) is 28.1 Å². The van der Waals surface area contributed by atoms with E-state index in [1.807, 2.05) is 51.1 Å². The van der Waals surface area contributed by atoms with Crippen molar-refractivity contribution in [3.05, 3.63) is 162 Å². The van der Waals surface area contributed by atoms with Crippen LogP contribution in [0.4, 0.5) is 8.78 Å². The normalized spacial score (nSPS) is 13.2. The average Bonchev–Trinajstić information content (AvgIpc) is 4.11. The molecule has 16 nitrogen and oxygen atoms in total. The topological polar surface area (TPSA) is 213 Å². The molecule has 1 aliphatic rings. The first kappa shape index (κ1) is 50.1. The second kappa shape index (κ2) is 22.4. The Morgan fingerprint density at radius 3 is 2.20 bits per heavy atom. The molecular formula is C50H45ClF2N8O8. The quantitative estimate of drug-likeness (QED) is 0.0625. The van der Waals surface area contributed by atoms with E-state index in [0.717, 1.165) is 11.4 Å². The molecule has 0 fully saturated rings. The molecule has 0 aliphatic carbocycles. The molecule has 3 aromatic heterocycles. The molecular weight excluding hydrogens is 914 g/mol. The van der Waals surface area contributed by atoms with Gasteiger partial charge in [-0.15, -0.1) is 8.78 Å². The van der Waals surface area contributed by atoms with Crippen molar-refractivity contribution in [1.82, 2.24) is 29.7 Å². The summed E-state index contributed by atoms with van der Waals surface area (Å²) in [5.74, 6) is 0.424. The molecule has 0 saturated heterocycles. The summed E-state index contributed by atoms with van der Waals surface area (Å²) in [7, 11) is 2.71. The van der Waals surface area contributed by atoms with Gasteiger partial charge in [0.2, 0.25) is 11.8 Å². The molecule has 0 saturated carbocycles. The lowest BCUT2D eigenvalue weighted by atomic mass is 9.73. The molecule has 69 heavy (non-hydrogen) atoms. The van der Waals surface area contributed by atoms with Gasteiger partial charge in [-0.05, 0) is 60.2 Å². The van der Waals surface area contributed by atoms with Crippen molar-refractivity contribution in [2.24, 2.45) is 5.41 Å². The molecule has 0 radical (unpaired) electrons. The van der Waals surface area contributed by atoms with E-state index < -0.39 is 17.9 Å². The number of benzene rings is 4. The first-order valence-corrected chi connectivity index (χ1v) is 21.3. The van der Waals surface area contributed by atoms with E-state index in [9.17, 15) is 23.9 Å². The maximum absolute atomic E-state index is 13.0. The minimum Gasteiger partial charge on any atom is -0.503 e. The number of alkyl halides is 2. The first-order valence-electron chi connectivity index (χ1n) is 20.9. The van der Waals surface area contributed by atoms with E-state index in [2.05, 4.69) is 40.6 Å². The second-order valence-electron chi connectivity index (χ2n) is 16.0. The molecule has 2 N–H and O–H groups in total. The summed E-state index contributed by atoms with van der Waals surface area (Å²) in [5.41, 5.74) is 2.30. The number of aryl methyl sites for hydroxylation is 1. The van der Waals surface area contributed by atoms with Gasteiger partial charge in [0.25, 0.3) is 0 Å². The van der Waals surface area contributed by atoms with Crippen LogP contribution in [-0.4, -0.2) is 66.9 Å². The molecule has 354 valence electrons. The summed E-state index contributed by atoms with van der Waals surface area (Å²) >= 11 is 5.90. The van der Waals surface area contributed by atoms with Crippen molar-refractivity contribution in [3.63, 3.8) is 0 Å². The fourth-order valence-corrected chi connectivity index (χ4v) is 6.80. The van der Waals surface area contributed by atoms with E-state index in [-0.39, 0.29) is 34.2 Å². The number of ether oxygens (including phenoxy) is 6. The number of carbonyl (C=O) groups excluding carboxylic acids is 1. The van der Waals surface area contributed by atoms with Gasteiger partial charge < -0.3 is 38.5 Å². The predicted molar refractivity (Wildman–Crippen MR) is 248 cm³/mol. The van der Waals surface area contributed by atoms with Crippen LogP contribution in [0.2, 0.25) is 5.02 Å². The van der Waals surface area contributed by atoms with Crippen molar-refractivity contribution < 1.29 is 47.1 Å². The summed E-state index contributed by atoms with van der Waals surface area (Å²) in [6.45, 7) is 6.58. The lowest BCUT2D eigenvalue weighted by Gasteiger charge is -2.40. The largest absolute Gasteiger partial charge is 0.586 e. The fraction of sp³-hybridized carbons (Fsp3) is 0.220. The number of esters is 1. The predicted octanol–water partition coefficient (Wildman–Crippen LogP) is 10.3. The van der Waals surface area contributed by atoms with Crippen LogP contribution in [0.5, 0.6) is 34.8 Å². The van der Waals surface area contributed by atoms with Gasteiger partial charge in [-0.25, -0.2) is 19.7 Å². The number of nitrogens with zero attached hydrogens (tertiary/aromatic N) is 7. The van der Waals surface area contributed by atoms with Gasteiger partial charge in [0.1, 0.15) is 48.2 Å². The van der Waals surface area contributed by atoms with E-state index in [0.29, 0.717) is 52.3 Å². The zero-order chi connectivity index (χ0) is 49.6. The van der Waals surface area contributed by atoms with Gasteiger partial charge in [-0.1, -0.05) is 87.0 Å². The van der Waals surface area contributed by atoms with Gasteiger partial charge >= 0.3 is 12.3 Å². The average molecular weight is 959 g/mol. The van der Waals surface area contributed by atoms with Crippen molar-refractivity contribution in [3.8, 4) is 58.0 Å². The van der Waals surface area contributed by atoms with Gasteiger partial charge in [0, 0.05) is 34.1 Å². The number of aliphatic hydroxyl groups is 1. The number of carbonyl (C=O) groups is 1. The zero-order valence-electron chi connectivity index (χ0n) is 37.9. The van der Waals surface area contributed by atoms with Crippen LogP contribution in [0.15, 0.2) is 135 Å². The smallest absolute Gasteiger partial charge is 0.503 e. The number of hydrogen-bond acceptors (Lipinski definition) is 14. The van der Waals surface area contributed by atoms with Crippen LogP contribution >= 0.6 is 11.6 Å². The van der Waals surface area contributed by atoms with Gasteiger partial charge in [-0.3, -0.25) is 4.68 Å². The highest BCUT2D eigenvalue weighted by Gasteiger charge is 2.45. The summed E-state index contributed by atoms with van der Waals surface area (Å²) in [5, 5.41) is 34.1. The van der Waals surface area contributed by atoms with E-state index in [4.69, 9.17) is 35.8 Å². The molecule has 0 amide bonds. The second-order valence-corrected chi connectivity index (χ2v) is 16.4. The van der Waals surface area contributed by atoms with E-state index in [1.54, 1.807) is 77.9 Å². The number of methoxy groups -OCH3 is 2. The maximum atomic E-state index is 13.0. The third-order valence-corrected chi connectivity index (χ3v) is 10.7. The van der Waals surface area contributed by atoms with Gasteiger partial charge in [-0.2, -0.15) is 15.6 Å². The molecule has 4 aromatic carbocycles. The van der Waals surface area contributed by atoms with Crippen LogP contribution in [-0.2, 0) is 27.2 Å². The molecule has 7 aromatic rings. The summed E-state index contributed by atoms with van der Waals surface area (Å²) < 4.78 is 57.9. The molecule has 0 bridgehead atoms. The fourth-order valence-electron chi connectivity index (χ4n) is 6.67. The molecule has 1 aliphatic heterocycles. The number of fused-ring (bicyclic) bond motifs is 1. The van der Waals surface area contributed by atoms with Gasteiger partial charge in [0.15, 0.2) is 11.5 Å². The number of aromatic amines is 1. The van der Waals surface area contributed by atoms with Crippen LogP contribution < -0.4 is 18.9 Å². The van der Waals surface area contributed by atoms with Crippen LogP contribution in [0.3, 0.4) is 0 Å². The highest BCUT2D eigenvalue weighted by atomic mass is 35.5. The number of halogens is 3. The maximum Gasteiger partial charge on any atom is 0.586 e. The number of aromatic nitrogens is 6. The number of para-hydroxylation sites is 3. The molecule has 8 rings (SSSR count). The van der Waals surface area contributed by atoms with E-state index in [1.165, 1.54) is 57.0 Å². The molecule has 1 atom stereocenters. The molecule has 1 unspecified atom stereocenters. The number of nitrogens with one attached hydrogen (secondary N) is 1. The number of rotatable bonds is 13. The van der Waals surface area contributed by atoms with E-state index >= 15 is 0 Å². The molecule has 0 spiro atoms. The lowest BCUT2D eigenvalue weighted by Crippen LogP contribution is -2.47. The lowest BCUT2D eigenvalue weighted by molar-refractivity contribution is -0.286. The van der Waals surface area contributed by atoms with Crippen LogP contribution in [0.1, 0.15) is 49.4 Å². The van der Waals surface area contributed by atoms with Crippen molar-refractivity contribution in [2.75, 3.05) is 14.2 Å². The minimum atomic E-state index is -3.67. The highest BCUT2D eigenvalue weighted by molar-refractivity contribution is 6.30. The summed E-state index contributed by atoms with van der Waals surface area (Å²) in [6, 6.07) is 31.5. The Kier molecular flexibility index (Phi) is 16.3. The Morgan fingerprint density at radius 1 is 0.870 bits per heavy atom. The molecule has 4 heterocycles. The Morgan fingerprint density at radius 2 is 1.55 bits per heavy atom. The Bertz CT molecular complexity index is 2960. The summed E-state index contributed by atoms with van der Waals surface area (Å²) in [6.07, 6.45) is 6.49. The van der Waals surface area contributed by atoms with Crippen LogP contribution in [0.25, 0.3) is 16.7 Å². The first-order chi connectivity index (χ1) is 33.1. The van der Waals surface area contributed by atoms with Crippen molar-refractivity contribution in [2.45, 2.75) is 52.1 Å². The number of hydrogen-bond donors (Lipinski definition) is 2. The Balaban J connectivity index is 0.000000177. The van der Waals surface area contributed by atoms with Crippen molar-refractivity contribution >= 4 is 23.1 Å². The highest BCUT2D eigenvalue weighted by Crippen LogP contribution is 2.47. The SMILES string of the molecule is CC(C)(C)C(O)(CCc1ccc(Cl)cc1)Cn1cncn1.CO/C=C(/C(=O)OC)c1ccccc1Oc1cc(Oc2ccccc2C#N)ncn1.N#Cc1c[nH]cc1-c1cccc2c1OC(F)(F)O2. The standard InChI is InChI=1S/C22H17N3O5.C16H22ClN3O.C12H6F2N2O2/c1-27-13-17(22(26)28-2)16-8-4-6-10-19(16)30-21-11-20(24-14-25-21)29-18-9-5-3-7-15(18)12-23;1-15(2,3)16(21,10-20-12-18-11-19-20)9-8-13-4-6-14(17)7-5-13;13-12(14)17-10-3-1-2-8(11(10)18-12)9-6-16-5-7(9)4-15/h3-11,13-14H,1-2H3;4-7,11-12,21H,8-10H2,1-3H3;1-3,5-6,16H/b17-13+;;. The Hall–Kier alpha value is -8.32.